The minimum absolute atomic E-state index is 0.0198. The zero-order valence-electron chi connectivity index (χ0n) is 11.2. The number of anilines is 1. The van der Waals surface area contributed by atoms with Gasteiger partial charge in [-0.15, -0.1) is 0 Å². The molecule has 1 aliphatic heterocycles. The fraction of sp³-hybridized carbons (Fsp3) is 0.400. The highest BCUT2D eigenvalue weighted by Crippen LogP contribution is 2.34. The first kappa shape index (κ1) is 12.2. The van der Waals surface area contributed by atoms with Crippen LogP contribution < -0.4 is 11.3 Å². The van der Waals surface area contributed by atoms with Crippen LogP contribution in [0.3, 0.4) is 0 Å². The molecule has 1 saturated heterocycles. The van der Waals surface area contributed by atoms with Crippen molar-refractivity contribution in [1.82, 2.24) is 4.57 Å². The van der Waals surface area contributed by atoms with Crippen molar-refractivity contribution in [1.29, 1.82) is 0 Å². The van der Waals surface area contributed by atoms with Crippen molar-refractivity contribution in [2.24, 2.45) is 0 Å². The summed E-state index contributed by atoms with van der Waals surface area (Å²) in [7, 11) is 0. The van der Waals surface area contributed by atoms with Gasteiger partial charge in [0.25, 0.3) is 5.56 Å². The van der Waals surface area contributed by atoms with Crippen molar-refractivity contribution >= 4 is 16.6 Å². The van der Waals surface area contributed by atoms with Gasteiger partial charge in [0.1, 0.15) is 5.82 Å². The van der Waals surface area contributed by atoms with Gasteiger partial charge in [0.15, 0.2) is 0 Å². The summed E-state index contributed by atoms with van der Waals surface area (Å²) in [4.78, 5) is 12.7. The Kier molecular flexibility index (Phi) is 2.64. The molecule has 0 saturated carbocycles. The highest BCUT2D eigenvalue weighted by molar-refractivity contribution is 5.83. The van der Waals surface area contributed by atoms with Gasteiger partial charge in [0, 0.05) is 12.0 Å². The highest BCUT2D eigenvalue weighted by atomic mass is 16.5. The number of pyridine rings is 1. The average Bonchev–Trinajstić information content (AvgIpc) is 2.70. The zero-order valence-corrected chi connectivity index (χ0v) is 11.2. The van der Waals surface area contributed by atoms with E-state index >= 15 is 0 Å². The lowest BCUT2D eigenvalue weighted by molar-refractivity contribution is 0.0756. The number of ether oxygens (including phenoxy) is 1. The highest BCUT2D eigenvalue weighted by Gasteiger charge is 2.40. The quantitative estimate of drug-likeness (QED) is 0.852. The number of rotatable bonds is 1. The lowest BCUT2D eigenvalue weighted by Gasteiger charge is -2.31. The fourth-order valence-corrected chi connectivity index (χ4v) is 2.92. The number of nitrogens with zero attached hydrogens (tertiary/aromatic N) is 1. The molecule has 19 heavy (non-hydrogen) atoms. The number of benzene rings is 1. The molecular formula is C15H18N2O2. The van der Waals surface area contributed by atoms with Crippen LogP contribution in [0.5, 0.6) is 0 Å². The Morgan fingerprint density at radius 3 is 2.84 bits per heavy atom. The number of nitrogens with two attached hydrogens (primary N) is 1. The molecule has 4 nitrogen and oxygen atoms in total. The van der Waals surface area contributed by atoms with E-state index in [0.717, 1.165) is 11.8 Å². The molecule has 1 aliphatic rings. The van der Waals surface area contributed by atoms with Gasteiger partial charge in [-0.25, -0.2) is 0 Å². The van der Waals surface area contributed by atoms with Gasteiger partial charge >= 0.3 is 0 Å². The van der Waals surface area contributed by atoms with Crippen molar-refractivity contribution in [2.75, 3.05) is 12.3 Å². The molecule has 2 unspecified atom stereocenters. The molecule has 3 rings (SSSR count). The lowest BCUT2D eigenvalue weighted by Crippen LogP contribution is -2.44. The molecule has 4 heteroatoms. The topological polar surface area (TPSA) is 57.2 Å². The van der Waals surface area contributed by atoms with Crippen LogP contribution in [0.2, 0.25) is 0 Å². The fourth-order valence-electron chi connectivity index (χ4n) is 2.92. The lowest BCUT2D eigenvalue weighted by atomic mass is 9.93. The molecule has 0 amide bonds. The van der Waals surface area contributed by atoms with Gasteiger partial charge in [-0.3, -0.25) is 9.36 Å². The Morgan fingerprint density at radius 1 is 1.42 bits per heavy atom. The Morgan fingerprint density at radius 2 is 2.16 bits per heavy atom. The van der Waals surface area contributed by atoms with Crippen LogP contribution in [-0.2, 0) is 10.3 Å². The van der Waals surface area contributed by atoms with E-state index < -0.39 is 0 Å². The molecule has 1 aromatic carbocycles. The van der Waals surface area contributed by atoms with Gasteiger partial charge in [-0.2, -0.15) is 0 Å². The normalized spacial score (nSPS) is 26.9. The van der Waals surface area contributed by atoms with Gasteiger partial charge in [-0.05, 0) is 37.8 Å². The Hall–Kier alpha value is -1.81. The van der Waals surface area contributed by atoms with Gasteiger partial charge in [-0.1, -0.05) is 18.2 Å². The first-order valence-corrected chi connectivity index (χ1v) is 6.56. The van der Waals surface area contributed by atoms with Gasteiger partial charge in [0.2, 0.25) is 0 Å². The third-order valence-corrected chi connectivity index (χ3v) is 4.32. The van der Waals surface area contributed by atoms with Crippen LogP contribution in [0.15, 0.2) is 35.1 Å². The van der Waals surface area contributed by atoms with Crippen molar-refractivity contribution < 1.29 is 4.74 Å². The van der Waals surface area contributed by atoms with Crippen molar-refractivity contribution in [3.63, 3.8) is 0 Å². The second-order valence-electron chi connectivity index (χ2n) is 5.42. The monoisotopic (exact) mass is 258 g/mol. The van der Waals surface area contributed by atoms with Crippen LogP contribution in [0, 0.1) is 0 Å². The summed E-state index contributed by atoms with van der Waals surface area (Å²) in [6.45, 7) is 4.70. The summed E-state index contributed by atoms with van der Waals surface area (Å²) in [5, 5.41) is 1.59. The van der Waals surface area contributed by atoms with E-state index in [4.69, 9.17) is 10.5 Å². The maximum absolute atomic E-state index is 12.7. The molecule has 0 spiro atoms. The van der Waals surface area contributed by atoms with Crippen LogP contribution in [0.25, 0.3) is 10.8 Å². The number of fused-ring (bicyclic) bond motifs is 1. The molecule has 2 aromatic rings. The molecule has 1 aromatic heterocycles. The maximum atomic E-state index is 12.7. The molecule has 100 valence electrons. The minimum Gasteiger partial charge on any atom is -0.385 e. The van der Waals surface area contributed by atoms with E-state index in [1.165, 1.54) is 0 Å². The third-order valence-electron chi connectivity index (χ3n) is 4.32. The molecule has 2 heterocycles. The second-order valence-corrected chi connectivity index (χ2v) is 5.42. The first-order valence-electron chi connectivity index (χ1n) is 6.56. The predicted octanol–water partition coefficient (Wildman–Crippen LogP) is 2.11. The Balaban J connectivity index is 2.33. The first-order chi connectivity index (χ1) is 9.04. The summed E-state index contributed by atoms with van der Waals surface area (Å²) >= 11 is 0. The van der Waals surface area contributed by atoms with Crippen molar-refractivity contribution in [3.8, 4) is 0 Å². The summed E-state index contributed by atoms with van der Waals surface area (Å²) < 4.78 is 7.33. The minimum atomic E-state index is -0.370. The molecule has 0 bridgehead atoms. The predicted molar refractivity (Wildman–Crippen MR) is 76.3 cm³/mol. The van der Waals surface area contributed by atoms with E-state index in [1.54, 1.807) is 4.57 Å². The van der Waals surface area contributed by atoms with Crippen LogP contribution in [-0.4, -0.2) is 17.3 Å². The SMILES string of the molecule is CC1OCCC1(C)n1c(N)cc2ccccc2c1=O. The number of aromatic nitrogens is 1. The van der Waals surface area contributed by atoms with Crippen molar-refractivity contribution in [3.05, 3.63) is 40.7 Å². The molecule has 2 atom stereocenters. The zero-order chi connectivity index (χ0) is 13.6. The third kappa shape index (κ3) is 1.67. The standard InChI is InChI=1S/C15H18N2O2/c1-10-15(2,7-8-19-10)17-13(16)9-11-5-3-4-6-12(11)14(17)18/h3-6,9-10H,7-8,16H2,1-2H3. The summed E-state index contributed by atoms with van der Waals surface area (Å²) in [5.74, 6) is 0.503. The molecule has 1 fully saturated rings. The molecule has 0 radical (unpaired) electrons. The number of hydrogen-bond acceptors (Lipinski definition) is 3. The summed E-state index contributed by atoms with van der Waals surface area (Å²) in [5.41, 5.74) is 5.72. The van der Waals surface area contributed by atoms with E-state index in [-0.39, 0.29) is 17.2 Å². The van der Waals surface area contributed by atoms with Crippen LogP contribution in [0.1, 0.15) is 20.3 Å². The van der Waals surface area contributed by atoms with Crippen LogP contribution >= 0.6 is 0 Å². The second kappa shape index (κ2) is 4.10. The molecular weight excluding hydrogens is 240 g/mol. The number of hydrogen-bond donors (Lipinski definition) is 1. The average molecular weight is 258 g/mol. The van der Waals surface area contributed by atoms with E-state index in [0.29, 0.717) is 17.8 Å². The van der Waals surface area contributed by atoms with E-state index in [1.807, 2.05) is 44.2 Å². The maximum Gasteiger partial charge on any atom is 0.260 e. The van der Waals surface area contributed by atoms with Gasteiger partial charge < -0.3 is 10.5 Å². The summed E-state index contributed by atoms with van der Waals surface area (Å²) in [6.07, 6.45) is 0.782. The Bertz CT molecular complexity index is 692. The Labute approximate surface area is 111 Å². The van der Waals surface area contributed by atoms with Crippen molar-refractivity contribution in [2.45, 2.75) is 31.9 Å². The summed E-state index contributed by atoms with van der Waals surface area (Å²) in [6, 6.07) is 9.41. The van der Waals surface area contributed by atoms with E-state index in [9.17, 15) is 4.79 Å². The molecule has 0 aliphatic carbocycles. The smallest absolute Gasteiger partial charge is 0.260 e. The van der Waals surface area contributed by atoms with Gasteiger partial charge in [0.05, 0.1) is 11.6 Å². The largest absolute Gasteiger partial charge is 0.385 e. The van der Waals surface area contributed by atoms with E-state index in [2.05, 4.69) is 0 Å². The number of nitrogen functional groups attached to an aromatic ring is 1. The molecule has 2 N–H and O–H groups in total. The van der Waals surface area contributed by atoms with Crippen LogP contribution in [0.4, 0.5) is 5.82 Å².